The fourth-order valence-corrected chi connectivity index (χ4v) is 6.17. The van der Waals surface area contributed by atoms with Crippen LogP contribution in [0.4, 0.5) is 0 Å². The monoisotopic (exact) mass is 576 g/mol. The van der Waals surface area contributed by atoms with Gasteiger partial charge in [0.25, 0.3) is 0 Å². The minimum Gasteiger partial charge on any atom is -0.456 e. The summed E-state index contributed by atoms with van der Waals surface area (Å²) >= 11 is 0. The highest BCUT2D eigenvalue weighted by Crippen LogP contribution is 2.48. The molecule has 3 heterocycles. The van der Waals surface area contributed by atoms with E-state index in [0.29, 0.717) is 5.82 Å². The number of benzene rings is 6. The van der Waals surface area contributed by atoms with Crippen LogP contribution in [0.5, 0.6) is 11.5 Å². The molecule has 0 fully saturated rings. The molecule has 0 unspecified atom stereocenters. The number of para-hydroxylation sites is 1. The Balaban J connectivity index is 1.14. The van der Waals surface area contributed by atoms with E-state index in [-0.39, 0.29) is 0 Å². The van der Waals surface area contributed by atoms with Crippen LogP contribution in [0, 0.1) is 0 Å². The zero-order valence-electron chi connectivity index (χ0n) is 24.1. The van der Waals surface area contributed by atoms with Crippen LogP contribution < -0.4 is 4.74 Å². The van der Waals surface area contributed by atoms with Crippen molar-refractivity contribution >= 4 is 21.8 Å². The predicted octanol–water partition coefficient (Wildman–Crippen LogP) is 10.0. The van der Waals surface area contributed by atoms with Gasteiger partial charge < -0.3 is 4.74 Å². The van der Waals surface area contributed by atoms with Crippen LogP contribution in [0.3, 0.4) is 0 Å². The van der Waals surface area contributed by atoms with Gasteiger partial charge >= 0.3 is 0 Å². The van der Waals surface area contributed by atoms with Gasteiger partial charge in [-0.1, -0.05) is 97.1 Å². The summed E-state index contributed by atoms with van der Waals surface area (Å²) in [5.74, 6) is 2.38. The molecule has 0 spiro atoms. The lowest BCUT2D eigenvalue weighted by molar-refractivity contribution is 0.487. The lowest BCUT2D eigenvalue weighted by Gasteiger charge is -2.22. The van der Waals surface area contributed by atoms with E-state index in [4.69, 9.17) is 24.7 Å². The van der Waals surface area contributed by atoms with Gasteiger partial charge in [-0.25, -0.2) is 15.0 Å². The van der Waals surface area contributed by atoms with Crippen molar-refractivity contribution in [3.63, 3.8) is 0 Å². The number of hydrogen-bond acceptors (Lipinski definition) is 5. The smallest absolute Gasteiger partial charge is 0.160 e. The van der Waals surface area contributed by atoms with Crippen LogP contribution in [0.15, 0.2) is 146 Å². The fraction of sp³-hybridized carbons (Fsp3) is 0. The van der Waals surface area contributed by atoms with Crippen LogP contribution >= 0.6 is 0 Å². The highest BCUT2D eigenvalue weighted by atomic mass is 16.5. The molecule has 1 aliphatic heterocycles. The highest BCUT2D eigenvalue weighted by Gasteiger charge is 2.21. The first-order valence-electron chi connectivity index (χ1n) is 14.9. The molecule has 0 saturated heterocycles. The first-order valence-corrected chi connectivity index (χ1v) is 14.9. The van der Waals surface area contributed by atoms with Gasteiger partial charge in [0.2, 0.25) is 0 Å². The molecule has 0 bridgehead atoms. The molecular formula is C40H24N4O. The van der Waals surface area contributed by atoms with E-state index in [9.17, 15) is 0 Å². The average molecular weight is 577 g/mol. The fourth-order valence-electron chi connectivity index (χ4n) is 6.17. The molecule has 0 amide bonds. The number of hydrogen-bond donors (Lipinski definition) is 0. The molecule has 0 N–H and O–H groups in total. The quantitative estimate of drug-likeness (QED) is 0.209. The molecule has 0 saturated carbocycles. The Morgan fingerprint density at radius 1 is 0.422 bits per heavy atom. The predicted molar refractivity (Wildman–Crippen MR) is 180 cm³/mol. The summed E-state index contributed by atoms with van der Waals surface area (Å²) in [6, 6.07) is 47.2. The van der Waals surface area contributed by atoms with Crippen molar-refractivity contribution in [2.45, 2.75) is 0 Å². The van der Waals surface area contributed by atoms with Crippen molar-refractivity contribution in [3.8, 4) is 67.8 Å². The molecule has 9 rings (SSSR count). The Morgan fingerprint density at radius 3 is 1.91 bits per heavy atom. The Morgan fingerprint density at radius 2 is 1.13 bits per heavy atom. The average Bonchev–Trinajstić information content (AvgIpc) is 3.12. The Kier molecular flexibility index (Phi) is 5.74. The number of aromatic nitrogens is 4. The maximum Gasteiger partial charge on any atom is 0.160 e. The topological polar surface area (TPSA) is 60.8 Å². The summed E-state index contributed by atoms with van der Waals surface area (Å²) in [7, 11) is 0. The molecule has 0 atom stereocenters. The Hall–Kier alpha value is -6.20. The van der Waals surface area contributed by atoms with Crippen LogP contribution in [-0.4, -0.2) is 19.9 Å². The minimum absolute atomic E-state index is 0.645. The van der Waals surface area contributed by atoms with Gasteiger partial charge in [0, 0.05) is 33.2 Å². The molecule has 210 valence electrons. The van der Waals surface area contributed by atoms with Crippen molar-refractivity contribution in [2.75, 3.05) is 0 Å². The SMILES string of the molecule is c1ccc(-c2cc(-c3ccccc3)nc(-c3ccc4nc(-c5ccc6c7c(cccc57)-c5ccccc5O6)cnc4c3)n2)cc1. The second-order valence-corrected chi connectivity index (χ2v) is 11.1. The lowest BCUT2D eigenvalue weighted by atomic mass is 9.92. The number of rotatable bonds is 4. The van der Waals surface area contributed by atoms with Crippen LogP contribution in [0.2, 0.25) is 0 Å². The molecule has 5 nitrogen and oxygen atoms in total. The van der Waals surface area contributed by atoms with E-state index in [1.54, 1.807) is 0 Å². The molecule has 1 aliphatic rings. The van der Waals surface area contributed by atoms with Gasteiger partial charge in [0.1, 0.15) is 11.5 Å². The molecule has 6 aromatic carbocycles. The normalized spacial score (nSPS) is 11.7. The second kappa shape index (κ2) is 10.2. The summed E-state index contributed by atoms with van der Waals surface area (Å²) in [5.41, 5.74) is 10.4. The number of fused-ring (bicyclic) bond motifs is 3. The first-order chi connectivity index (χ1) is 22.3. The standard InChI is InChI=1S/C40H24N4O/c1-3-10-25(11-4-1)33-23-34(26-12-5-2-6-13-26)44-40(43-33)27-18-20-32-35(22-27)41-24-36(42-32)28-19-21-38-39-30(28)15-9-16-31(39)29-14-7-8-17-37(29)45-38/h1-24H. The second-order valence-electron chi connectivity index (χ2n) is 11.1. The molecule has 2 aromatic heterocycles. The Labute approximate surface area is 259 Å². The third kappa shape index (κ3) is 4.33. The zero-order chi connectivity index (χ0) is 29.7. The van der Waals surface area contributed by atoms with Gasteiger partial charge in [-0.05, 0) is 53.4 Å². The van der Waals surface area contributed by atoms with E-state index in [1.807, 2.05) is 91.1 Å². The molecule has 8 aromatic rings. The van der Waals surface area contributed by atoms with Crippen molar-refractivity contribution in [3.05, 3.63) is 146 Å². The molecular weight excluding hydrogens is 552 g/mol. The van der Waals surface area contributed by atoms with Crippen molar-refractivity contribution in [1.82, 2.24) is 19.9 Å². The van der Waals surface area contributed by atoms with E-state index < -0.39 is 0 Å². The van der Waals surface area contributed by atoms with Crippen molar-refractivity contribution < 1.29 is 4.74 Å². The van der Waals surface area contributed by atoms with Gasteiger partial charge in [-0.2, -0.15) is 0 Å². The van der Waals surface area contributed by atoms with E-state index in [2.05, 4.69) is 54.6 Å². The molecule has 45 heavy (non-hydrogen) atoms. The Bertz CT molecular complexity index is 2350. The van der Waals surface area contributed by atoms with Crippen LogP contribution in [0.25, 0.3) is 78.1 Å². The summed E-state index contributed by atoms with van der Waals surface area (Å²) in [6.45, 7) is 0. The van der Waals surface area contributed by atoms with Crippen LogP contribution in [0.1, 0.15) is 0 Å². The highest BCUT2D eigenvalue weighted by molar-refractivity contribution is 6.09. The minimum atomic E-state index is 0.645. The van der Waals surface area contributed by atoms with Gasteiger partial charge in [-0.3, -0.25) is 4.98 Å². The van der Waals surface area contributed by atoms with E-state index >= 15 is 0 Å². The maximum atomic E-state index is 6.29. The van der Waals surface area contributed by atoms with Crippen LogP contribution in [-0.2, 0) is 0 Å². The summed E-state index contributed by atoms with van der Waals surface area (Å²) < 4.78 is 6.29. The van der Waals surface area contributed by atoms with Crippen molar-refractivity contribution in [1.29, 1.82) is 0 Å². The zero-order valence-corrected chi connectivity index (χ0v) is 24.1. The van der Waals surface area contributed by atoms with E-state index in [0.717, 1.165) is 83.8 Å². The molecule has 0 radical (unpaired) electrons. The third-order valence-electron chi connectivity index (χ3n) is 8.34. The summed E-state index contributed by atoms with van der Waals surface area (Å²) in [5, 5.41) is 2.18. The number of nitrogens with zero attached hydrogens (tertiary/aromatic N) is 4. The first kappa shape index (κ1) is 25.3. The molecule has 0 aliphatic carbocycles. The summed E-state index contributed by atoms with van der Waals surface area (Å²) in [6.07, 6.45) is 1.85. The van der Waals surface area contributed by atoms with Gasteiger partial charge in [-0.15, -0.1) is 0 Å². The van der Waals surface area contributed by atoms with Gasteiger partial charge in [0.05, 0.1) is 34.3 Å². The largest absolute Gasteiger partial charge is 0.456 e. The lowest BCUT2D eigenvalue weighted by Crippen LogP contribution is -1.98. The van der Waals surface area contributed by atoms with Gasteiger partial charge in [0.15, 0.2) is 5.82 Å². The maximum absolute atomic E-state index is 6.29. The third-order valence-corrected chi connectivity index (χ3v) is 8.34. The number of ether oxygens (including phenoxy) is 1. The van der Waals surface area contributed by atoms with Crippen molar-refractivity contribution in [2.24, 2.45) is 0 Å². The van der Waals surface area contributed by atoms with E-state index in [1.165, 1.54) is 0 Å². The molecule has 5 heteroatoms. The summed E-state index contributed by atoms with van der Waals surface area (Å²) in [4.78, 5) is 19.9.